The monoisotopic (exact) mass is 431 g/mol. The number of hydrogen-bond donors (Lipinski definition) is 0. The predicted molar refractivity (Wildman–Crippen MR) is 116 cm³/mol. The Morgan fingerprint density at radius 1 is 0.903 bits per heavy atom. The van der Waals surface area contributed by atoms with E-state index in [2.05, 4.69) is 16.9 Å². The van der Waals surface area contributed by atoms with E-state index in [4.69, 9.17) is 5.26 Å². The van der Waals surface area contributed by atoms with Crippen molar-refractivity contribution in [3.63, 3.8) is 0 Å². The van der Waals surface area contributed by atoms with Gasteiger partial charge in [0.1, 0.15) is 5.75 Å². The number of hydrogen-bond acceptors (Lipinski definition) is 2. The minimum atomic E-state index is -4.64. The van der Waals surface area contributed by atoms with E-state index in [-0.39, 0.29) is 5.75 Å². The van der Waals surface area contributed by atoms with Crippen LogP contribution in [-0.4, -0.2) is 6.36 Å². The fourth-order valence-electron chi connectivity index (χ4n) is 5.04. The summed E-state index contributed by atoms with van der Waals surface area (Å²) in [5, 5.41) is 8.54. The maximum absolute atomic E-state index is 12.3. The molecule has 2 aliphatic rings. The van der Waals surface area contributed by atoms with Crippen LogP contribution in [0.25, 0.3) is 0 Å². The van der Waals surface area contributed by atoms with Gasteiger partial charge in [0.2, 0.25) is 0 Å². The van der Waals surface area contributed by atoms with E-state index in [1.165, 1.54) is 44.2 Å². The summed E-state index contributed by atoms with van der Waals surface area (Å²) in [6.45, 7) is 0. The second kappa shape index (κ2) is 11.4. The molecule has 168 valence electrons. The van der Waals surface area contributed by atoms with E-state index in [1.807, 2.05) is 12.1 Å². The molecule has 1 aromatic carbocycles. The summed E-state index contributed by atoms with van der Waals surface area (Å²) in [6, 6.07) is 8.44. The van der Waals surface area contributed by atoms with Crippen LogP contribution in [-0.2, 0) is 0 Å². The molecular weight excluding hydrogens is 399 g/mol. The molecule has 0 radical (unpaired) electrons. The number of nitrogens with zero attached hydrogens (tertiary/aromatic N) is 1. The minimum Gasteiger partial charge on any atom is -0.406 e. The van der Waals surface area contributed by atoms with Crippen molar-refractivity contribution in [2.75, 3.05) is 0 Å². The van der Waals surface area contributed by atoms with E-state index < -0.39 is 6.36 Å². The maximum atomic E-state index is 12.3. The lowest BCUT2D eigenvalue weighted by Gasteiger charge is -2.29. The van der Waals surface area contributed by atoms with Crippen LogP contribution in [0.5, 0.6) is 5.75 Å². The molecule has 0 amide bonds. The number of halogens is 3. The largest absolute Gasteiger partial charge is 0.573 e. The third kappa shape index (κ3) is 8.09. The van der Waals surface area contributed by atoms with Gasteiger partial charge in [0.15, 0.2) is 0 Å². The van der Waals surface area contributed by atoms with Gasteiger partial charge in [-0.2, -0.15) is 5.26 Å². The third-order valence-electron chi connectivity index (χ3n) is 6.84. The van der Waals surface area contributed by atoms with Crippen LogP contribution in [0.4, 0.5) is 13.2 Å². The van der Waals surface area contributed by atoms with E-state index >= 15 is 0 Å². The van der Waals surface area contributed by atoms with Gasteiger partial charge in [0.25, 0.3) is 0 Å². The molecule has 0 spiro atoms. The number of ether oxygens (including phenoxy) is 1. The Hall–Kier alpha value is -2.22. The number of benzene rings is 1. The van der Waals surface area contributed by atoms with Crippen molar-refractivity contribution in [2.24, 2.45) is 17.8 Å². The Kier molecular flexibility index (Phi) is 8.63. The number of allylic oxidation sites excluding steroid dienone is 4. The van der Waals surface area contributed by atoms with Gasteiger partial charge < -0.3 is 4.74 Å². The first-order chi connectivity index (χ1) is 14.9. The summed E-state index contributed by atoms with van der Waals surface area (Å²) in [4.78, 5) is 0. The molecule has 0 aromatic heterocycles. The van der Waals surface area contributed by atoms with Gasteiger partial charge in [-0.15, -0.1) is 13.2 Å². The highest BCUT2D eigenvalue weighted by Gasteiger charge is 2.31. The zero-order valence-corrected chi connectivity index (χ0v) is 18.0. The molecule has 2 nitrogen and oxygen atoms in total. The fraction of sp³-hybridized carbons (Fsp3) is 0.577. The van der Waals surface area contributed by atoms with Crippen LogP contribution in [0.15, 0.2) is 48.6 Å². The van der Waals surface area contributed by atoms with Crippen molar-refractivity contribution in [1.29, 1.82) is 5.26 Å². The summed E-state index contributed by atoms with van der Waals surface area (Å²) in [6.07, 6.45) is 15.6. The Bertz CT molecular complexity index is 759. The lowest BCUT2D eigenvalue weighted by molar-refractivity contribution is -0.274. The van der Waals surface area contributed by atoms with Crippen LogP contribution < -0.4 is 4.74 Å². The first-order valence-corrected chi connectivity index (χ1v) is 11.5. The first-order valence-electron chi connectivity index (χ1n) is 11.5. The first kappa shape index (κ1) is 23.4. The summed E-state index contributed by atoms with van der Waals surface area (Å²) in [7, 11) is 0. The predicted octanol–water partition coefficient (Wildman–Crippen LogP) is 8.08. The highest BCUT2D eigenvalue weighted by Crippen LogP contribution is 2.38. The molecule has 0 atom stereocenters. The van der Waals surface area contributed by atoms with E-state index in [9.17, 15) is 13.2 Å². The molecule has 0 N–H and O–H groups in total. The zero-order chi connectivity index (χ0) is 22.1. The molecule has 3 rings (SSSR count). The van der Waals surface area contributed by atoms with Gasteiger partial charge >= 0.3 is 6.36 Å². The Morgan fingerprint density at radius 3 is 2.03 bits per heavy atom. The van der Waals surface area contributed by atoms with Crippen molar-refractivity contribution in [1.82, 2.24) is 0 Å². The second-order valence-corrected chi connectivity index (χ2v) is 9.00. The van der Waals surface area contributed by atoms with Crippen molar-refractivity contribution in [3.8, 4) is 11.8 Å². The fourth-order valence-corrected chi connectivity index (χ4v) is 5.04. The third-order valence-corrected chi connectivity index (χ3v) is 6.84. The quantitative estimate of drug-likeness (QED) is 0.323. The average molecular weight is 432 g/mol. The van der Waals surface area contributed by atoms with Crippen LogP contribution in [0.3, 0.4) is 0 Å². The van der Waals surface area contributed by atoms with Gasteiger partial charge in [0.05, 0.1) is 6.07 Å². The maximum Gasteiger partial charge on any atom is 0.573 e. The molecule has 0 bridgehead atoms. The minimum absolute atomic E-state index is 0.152. The van der Waals surface area contributed by atoms with Crippen molar-refractivity contribution >= 4 is 0 Å². The zero-order valence-electron chi connectivity index (χ0n) is 18.0. The topological polar surface area (TPSA) is 33.0 Å². The lowest BCUT2D eigenvalue weighted by atomic mass is 9.77. The van der Waals surface area contributed by atoms with E-state index in [0.29, 0.717) is 17.8 Å². The number of rotatable bonds is 7. The Morgan fingerprint density at radius 2 is 1.48 bits per heavy atom. The van der Waals surface area contributed by atoms with Crippen LogP contribution in [0.1, 0.15) is 75.7 Å². The molecule has 0 unspecified atom stereocenters. The lowest BCUT2D eigenvalue weighted by Crippen LogP contribution is -2.17. The summed E-state index contributed by atoms with van der Waals surface area (Å²) in [5.41, 5.74) is 1.11. The molecule has 31 heavy (non-hydrogen) atoms. The molecule has 0 aliphatic heterocycles. The molecule has 0 heterocycles. The number of nitriles is 1. The van der Waals surface area contributed by atoms with Gasteiger partial charge in [-0.05, 0) is 106 Å². The van der Waals surface area contributed by atoms with Gasteiger partial charge in [-0.1, -0.05) is 30.4 Å². The Balaban J connectivity index is 1.37. The van der Waals surface area contributed by atoms with Crippen LogP contribution in [0.2, 0.25) is 0 Å². The van der Waals surface area contributed by atoms with Crippen LogP contribution >= 0.6 is 0 Å². The molecular formula is C26H32F3NO. The van der Waals surface area contributed by atoms with Crippen LogP contribution in [0, 0.1) is 29.1 Å². The number of alkyl halides is 3. The van der Waals surface area contributed by atoms with Gasteiger partial charge in [-0.3, -0.25) is 0 Å². The normalized spacial score (nSPS) is 27.4. The van der Waals surface area contributed by atoms with Crippen molar-refractivity contribution < 1.29 is 17.9 Å². The van der Waals surface area contributed by atoms with Gasteiger partial charge in [0, 0.05) is 6.08 Å². The summed E-state index contributed by atoms with van der Waals surface area (Å²) in [5.74, 6) is 2.40. The standard InChI is InChI=1S/C26H32F3NO/c27-26(28,29)31-25-17-15-24(16-18-25)23-13-11-22(12-14-23)10-9-21-7-5-20(6-8-21)4-2-1-3-19-30/h1,3,9-10,15-18,20-23H,2,4-8,11-14H2/b3-1?,10-9+. The molecule has 0 saturated heterocycles. The Labute approximate surface area is 183 Å². The molecule has 2 saturated carbocycles. The molecule has 2 aliphatic carbocycles. The molecule has 1 aromatic rings. The second-order valence-electron chi connectivity index (χ2n) is 9.00. The SMILES string of the molecule is N#CC=CCCC1CCC(/C=C/C2CCC(c3ccc(OC(F)(F)F)cc3)CC2)CC1. The highest BCUT2D eigenvalue weighted by atomic mass is 19.4. The molecule has 5 heteroatoms. The van der Waals surface area contributed by atoms with Crippen molar-refractivity contribution in [3.05, 3.63) is 54.1 Å². The van der Waals surface area contributed by atoms with Gasteiger partial charge in [-0.25, -0.2) is 0 Å². The van der Waals surface area contributed by atoms with Crippen molar-refractivity contribution in [2.45, 2.75) is 76.5 Å². The van der Waals surface area contributed by atoms with E-state index in [1.54, 1.807) is 18.2 Å². The summed E-state index contributed by atoms with van der Waals surface area (Å²) < 4.78 is 40.9. The smallest absolute Gasteiger partial charge is 0.406 e. The highest BCUT2D eigenvalue weighted by molar-refractivity contribution is 5.30. The average Bonchev–Trinajstić information content (AvgIpc) is 2.76. The van der Waals surface area contributed by atoms with E-state index in [0.717, 1.165) is 43.6 Å². The molecule has 2 fully saturated rings. The summed E-state index contributed by atoms with van der Waals surface area (Å²) >= 11 is 0.